The van der Waals surface area contributed by atoms with Gasteiger partial charge in [0.1, 0.15) is 5.60 Å². The molecule has 2 saturated heterocycles. The number of piperidine rings is 1. The van der Waals surface area contributed by atoms with Gasteiger partial charge in [-0.1, -0.05) is 0 Å². The topological polar surface area (TPSA) is 20.2 Å². The molecule has 0 aliphatic carbocycles. The van der Waals surface area contributed by atoms with E-state index in [9.17, 15) is 22.7 Å². The first-order valence-corrected chi connectivity index (χ1v) is 11.6. The van der Waals surface area contributed by atoms with Crippen LogP contribution in [0, 0.1) is 5.92 Å². The summed E-state index contributed by atoms with van der Waals surface area (Å²) in [5, 5.41) is 11.7. The Kier molecular flexibility index (Phi) is 5.59. The minimum absolute atomic E-state index is 0.106. The molecule has 2 aromatic heterocycles. The minimum Gasteiger partial charge on any atom is -0.379 e. The number of hydrogen-bond acceptors (Lipinski definition) is 3. The van der Waals surface area contributed by atoms with Crippen LogP contribution in [0.25, 0.3) is 0 Å². The number of quaternary nitrogens is 1. The Balaban J connectivity index is 1.66. The van der Waals surface area contributed by atoms with E-state index in [0.29, 0.717) is 28.3 Å². The van der Waals surface area contributed by atoms with E-state index < -0.39 is 18.5 Å². The number of nitrogens with zero attached hydrogens (tertiary/aromatic N) is 1. The van der Waals surface area contributed by atoms with Crippen molar-refractivity contribution in [2.45, 2.75) is 62.6 Å². The average Bonchev–Trinajstić information content (AvgIpc) is 3.34. The first kappa shape index (κ1) is 21.3. The van der Waals surface area contributed by atoms with Crippen LogP contribution in [-0.4, -0.2) is 35.8 Å². The van der Waals surface area contributed by atoms with E-state index in [1.54, 1.807) is 0 Å². The Morgan fingerprint density at radius 3 is 1.76 bits per heavy atom. The molecule has 0 radical (unpaired) electrons. The predicted molar refractivity (Wildman–Crippen MR) is 108 cm³/mol. The summed E-state index contributed by atoms with van der Waals surface area (Å²) in [5.74, 6) is 0.234. The standard InChI is InChI=1S/C21H26F4NOS2/c1-26(2)13-3-4-14(26)10-12(9-13)11-21(27,17-7-5-15(28-17)19(22)23)18-8-6-16(29-18)20(24)25/h5-8,12-14,19-20,27H,3-4,9-11H2,1-2H3/q+1/t12?,13-,14+. The zero-order valence-electron chi connectivity index (χ0n) is 16.5. The SMILES string of the molecule is C[N+]1(C)[C@@H]2CC[C@H]1CC(CC(O)(c1ccc(C(F)F)s1)c1ccc(C(F)F)s1)C2. The lowest BCUT2D eigenvalue weighted by Crippen LogP contribution is -2.55. The molecule has 160 valence electrons. The van der Waals surface area contributed by atoms with Gasteiger partial charge in [-0.3, -0.25) is 0 Å². The fourth-order valence-electron chi connectivity index (χ4n) is 5.29. The zero-order chi connectivity index (χ0) is 21.0. The largest absolute Gasteiger partial charge is 0.379 e. The Labute approximate surface area is 176 Å². The molecule has 2 aliphatic rings. The third kappa shape index (κ3) is 3.77. The molecule has 0 saturated carbocycles. The monoisotopic (exact) mass is 448 g/mol. The highest BCUT2D eigenvalue weighted by Gasteiger charge is 2.51. The first-order chi connectivity index (χ1) is 13.6. The fourth-order valence-corrected chi connectivity index (χ4v) is 7.30. The van der Waals surface area contributed by atoms with E-state index in [1.165, 1.54) is 24.3 Å². The van der Waals surface area contributed by atoms with Crippen molar-refractivity contribution < 1.29 is 27.2 Å². The van der Waals surface area contributed by atoms with E-state index in [-0.39, 0.29) is 15.7 Å². The molecule has 4 heterocycles. The second kappa shape index (κ2) is 7.62. The molecule has 0 aromatic carbocycles. The third-order valence-corrected chi connectivity index (χ3v) is 9.50. The molecule has 0 spiro atoms. The summed E-state index contributed by atoms with van der Waals surface area (Å²) in [6.07, 6.45) is -0.585. The highest BCUT2D eigenvalue weighted by molar-refractivity contribution is 7.13. The van der Waals surface area contributed by atoms with Gasteiger partial charge >= 0.3 is 0 Å². The Morgan fingerprint density at radius 1 is 0.931 bits per heavy atom. The van der Waals surface area contributed by atoms with Gasteiger partial charge in [0.2, 0.25) is 0 Å². The zero-order valence-corrected chi connectivity index (χ0v) is 18.1. The van der Waals surface area contributed by atoms with Crippen LogP contribution in [0.15, 0.2) is 24.3 Å². The molecule has 2 aliphatic heterocycles. The molecule has 3 atom stereocenters. The van der Waals surface area contributed by atoms with Gasteiger partial charge in [0.25, 0.3) is 12.9 Å². The third-order valence-electron chi connectivity index (χ3n) is 7.01. The number of alkyl halides is 4. The minimum atomic E-state index is -2.61. The molecule has 2 bridgehead atoms. The van der Waals surface area contributed by atoms with Crippen LogP contribution in [0.2, 0.25) is 0 Å². The second-order valence-corrected chi connectivity index (χ2v) is 11.2. The van der Waals surface area contributed by atoms with Crippen molar-refractivity contribution in [3.8, 4) is 0 Å². The summed E-state index contributed by atoms with van der Waals surface area (Å²) in [5.41, 5.74) is -1.51. The molecular formula is C21H26F4NOS2+. The van der Waals surface area contributed by atoms with Gasteiger partial charge in [0.15, 0.2) is 0 Å². The van der Waals surface area contributed by atoms with Crippen LogP contribution in [0.4, 0.5) is 17.6 Å². The van der Waals surface area contributed by atoms with E-state index in [1.807, 2.05) is 0 Å². The molecule has 2 nitrogen and oxygen atoms in total. The van der Waals surface area contributed by atoms with Crippen molar-refractivity contribution in [3.63, 3.8) is 0 Å². The Hall–Kier alpha value is -0.960. The van der Waals surface area contributed by atoms with Gasteiger partial charge in [0, 0.05) is 35.4 Å². The summed E-state index contributed by atoms with van der Waals surface area (Å²) in [6, 6.07) is 6.80. The maximum atomic E-state index is 13.2. The highest BCUT2D eigenvalue weighted by Crippen LogP contribution is 2.50. The summed E-state index contributed by atoms with van der Waals surface area (Å²) in [6.45, 7) is 0. The van der Waals surface area contributed by atoms with E-state index in [0.717, 1.165) is 52.8 Å². The number of hydrogen-bond donors (Lipinski definition) is 1. The van der Waals surface area contributed by atoms with Crippen molar-refractivity contribution in [2.75, 3.05) is 14.1 Å². The van der Waals surface area contributed by atoms with Crippen molar-refractivity contribution in [1.29, 1.82) is 0 Å². The molecular weight excluding hydrogens is 422 g/mol. The van der Waals surface area contributed by atoms with Gasteiger partial charge in [-0.2, -0.15) is 0 Å². The summed E-state index contributed by atoms with van der Waals surface area (Å²) in [7, 11) is 4.51. The molecule has 2 fully saturated rings. The van der Waals surface area contributed by atoms with Crippen LogP contribution in [0.3, 0.4) is 0 Å². The molecule has 4 rings (SSSR count). The lowest BCUT2D eigenvalue weighted by atomic mass is 9.79. The molecule has 1 N–H and O–H groups in total. The quantitative estimate of drug-likeness (QED) is 0.405. The van der Waals surface area contributed by atoms with Crippen LogP contribution < -0.4 is 0 Å². The van der Waals surface area contributed by atoms with Crippen LogP contribution in [0.5, 0.6) is 0 Å². The number of fused-ring (bicyclic) bond motifs is 2. The molecule has 0 amide bonds. The summed E-state index contributed by atoms with van der Waals surface area (Å²) < 4.78 is 53.7. The Bertz CT molecular complexity index is 800. The second-order valence-electron chi connectivity index (χ2n) is 8.92. The van der Waals surface area contributed by atoms with Crippen LogP contribution in [-0.2, 0) is 5.60 Å². The molecule has 2 aromatic rings. The maximum Gasteiger partial charge on any atom is 0.272 e. The van der Waals surface area contributed by atoms with Gasteiger partial charge < -0.3 is 9.59 Å². The van der Waals surface area contributed by atoms with E-state index in [2.05, 4.69) is 14.1 Å². The van der Waals surface area contributed by atoms with Crippen molar-refractivity contribution >= 4 is 22.7 Å². The number of halogens is 4. The smallest absolute Gasteiger partial charge is 0.272 e. The molecule has 29 heavy (non-hydrogen) atoms. The number of rotatable bonds is 6. The first-order valence-electron chi connectivity index (χ1n) is 9.93. The lowest BCUT2D eigenvalue weighted by Gasteiger charge is -2.45. The van der Waals surface area contributed by atoms with Gasteiger partial charge in [0.05, 0.1) is 35.9 Å². The number of thiophene rings is 2. The van der Waals surface area contributed by atoms with Crippen LogP contribution in [0.1, 0.15) is 64.5 Å². The van der Waals surface area contributed by atoms with E-state index in [4.69, 9.17) is 0 Å². The summed E-state index contributed by atoms with van der Waals surface area (Å²) >= 11 is 1.76. The van der Waals surface area contributed by atoms with Crippen LogP contribution >= 0.6 is 22.7 Å². The fraction of sp³-hybridized carbons (Fsp3) is 0.619. The summed E-state index contributed by atoms with van der Waals surface area (Å²) in [4.78, 5) is 0.625. The average molecular weight is 449 g/mol. The van der Waals surface area contributed by atoms with Gasteiger partial charge in [-0.25, -0.2) is 17.6 Å². The lowest BCUT2D eigenvalue weighted by molar-refractivity contribution is -0.931. The predicted octanol–water partition coefficient (Wildman–Crippen LogP) is 6.33. The number of aliphatic hydroxyl groups is 1. The van der Waals surface area contributed by atoms with E-state index >= 15 is 0 Å². The highest BCUT2D eigenvalue weighted by atomic mass is 32.1. The Morgan fingerprint density at radius 2 is 1.38 bits per heavy atom. The van der Waals surface area contributed by atoms with Gasteiger partial charge in [-0.05, 0) is 36.6 Å². The maximum absolute atomic E-state index is 13.2. The van der Waals surface area contributed by atoms with Gasteiger partial charge in [-0.15, -0.1) is 22.7 Å². The van der Waals surface area contributed by atoms with Crippen molar-refractivity contribution in [3.05, 3.63) is 43.8 Å². The van der Waals surface area contributed by atoms with Crippen molar-refractivity contribution in [1.82, 2.24) is 0 Å². The molecule has 8 heteroatoms. The van der Waals surface area contributed by atoms with Crippen molar-refractivity contribution in [2.24, 2.45) is 5.92 Å². The normalized spacial score (nSPS) is 26.6. The molecule has 1 unspecified atom stereocenters.